The van der Waals surface area contributed by atoms with Crippen LogP contribution in [-0.2, 0) is 16.0 Å². The lowest BCUT2D eigenvalue weighted by molar-refractivity contribution is -0.149. The number of nitrogens with zero attached hydrogens (tertiary/aromatic N) is 1. The molecule has 0 aliphatic heterocycles. The highest BCUT2D eigenvalue weighted by Crippen LogP contribution is 2.27. The van der Waals surface area contributed by atoms with Gasteiger partial charge in [-0.1, -0.05) is 44.2 Å². The molecule has 0 heterocycles. The van der Waals surface area contributed by atoms with Crippen LogP contribution < -0.4 is 10.1 Å². The Kier molecular flexibility index (Phi) is 11.7. The number of hydrogen-bond acceptors (Lipinski definition) is 4. The molecular formula is C29H39FN2O5. The maximum atomic E-state index is 13.2. The molecule has 2 aromatic carbocycles. The van der Waals surface area contributed by atoms with Crippen LogP contribution in [0.3, 0.4) is 0 Å². The molecule has 2 N–H and O–H groups in total. The summed E-state index contributed by atoms with van der Waals surface area (Å²) in [5.41, 5.74) is 1.39. The molecule has 1 fully saturated rings. The van der Waals surface area contributed by atoms with E-state index in [2.05, 4.69) is 5.32 Å². The largest absolute Gasteiger partial charge is 0.492 e. The summed E-state index contributed by atoms with van der Waals surface area (Å²) in [7, 11) is 0. The molecule has 0 radical (unpaired) electrons. The number of carboxylic acids is 1. The minimum Gasteiger partial charge on any atom is -0.492 e. The number of carbonyl (C=O) groups is 2. The molecule has 1 unspecified atom stereocenters. The third-order valence-corrected chi connectivity index (χ3v) is 6.77. The van der Waals surface area contributed by atoms with Crippen LogP contribution in [0.15, 0.2) is 48.5 Å². The molecule has 0 bridgehead atoms. The summed E-state index contributed by atoms with van der Waals surface area (Å²) in [5.74, 6) is 0.0601. The molecule has 2 aromatic rings. The van der Waals surface area contributed by atoms with Crippen molar-refractivity contribution in [2.45, 2.75) is 64.4 Å². The zero-order valence-corrected chi connectivity index (χ0v) is 21.7. The fourth-order valence-electron chi connectivity index (χ4n) is 4.73. The quantitative estimate of drug-likeness (QED) is 0.317. The van der Waals surface area contributed by atoms with E-state index < -0.39 is 12.1 Å². The van der Waals surface area contributed by atoms with E-state index in [4.69, 9.17) is 9.47 Å². The molecule has 1 aliphatic carbocycles. The van der Waals surface area contributed by atoms with Gasteiger partial charge in [0.15, 0.2) is 6.10 Å². The average molecular weight is 515 g/mol. The van der Waals surface area contributed by atoms with E-state index in [-0.39, 0.29) is 18.3 Å². The van der Waals surface area contributed by atoms with E-state index >= 15 is 0 Å². The van der Waals surface area contributed by atoms with E-state index in [1.807, 2.05) is 12.1 Å². The van der Waals surface area contributed by atoms with Gasteiger partial charge in [0.25, 0.3) is 0 Å². The Morgan fingerprint density at radius 3 is 2.41 bits per heavy atom. The van der Waals surface area contributed by atoms with Gasteiger partial charge in [0.05, 0.1) is 6.54 Å². The zero-order valence-electron chi connectivity index (χ0n) is 21.7. The Morgan fingerprint density at radius 1 is 1.05 bits per heavy atom. The van der Waals surface area contributed by atoms with E-state index in [9.17, 15) is 19.1 Å². The van der Waals surface area contributed by atoms with Crippen molar-refractivity contribution in [3.63, 3.8) is 0 Å². The molecule has 37 heavy (non-hydrogen) atoms. The molecule has 0 saturated heterocycles. The maximum Gasteiger partial charge on any atom is 0.333 e. The van der Waals surface area contributed by atoms with Crippen molar-refractivity contribution in [3.05, 3.63) is 59.9 Å². The molecule has 0 aromatic heterocycles. The summed E-state index contributed by atoms with van der Waals surface area (Å²) in [6, 6.07) is 12.8. The Balaban J connectivity index is 1.52. The van der Waals surface area contributed by atoms with Crippen LogP contribution in [0.2, 0.25) is 0 Å². The Hall–Kier alpha value is -3.13. The second kappa shape index (κ2) is 15.2. The normalized spacial score (nSPS) is 14.6. The number of nitrogens with one attached hydrogen (secondary N) is 1. The fourth-order valence-corrected chi connectivity index (χ4v) is 4.73. The molecule has 0 spiro atoms. The first kappa shape index (κ1) is 28.4. The number of amides is 2. The Bertz CT molecular complexity index is 961. The number of anilines is 1. The number of ether oxygens (including phenoxy) is 2. The van der Waals surface area contributed by atoms with Gasteiger partial charge in [-0.2, -0.15) is 0 Å². The first-order valence-electron chi connectivity index (χ1n) is 13.3. The summed E-state index contributed by atoms with van der Waals surface area (Å²) in [6.07, 6.45) is 7.93. The SMILES string of the molecule is CCOC(Cc1ccc(OCCN(CCCC2CCCCC2)C(=O)Nc2ccc(F)cc2)cc1)C(=O)O. The topological polar surface area (TPSA) is 88.1 Å². The zero-order chi connectivity index (χ0) is 26.5. The standard InChI is InChI=1S/C29H39FN2O5/c1-2-36-27(28(33)34)21-23-10-16-26(17-11-23)37-20-19-32(18-6-9-22-7-4-3-5-8-22)29(35)31-25-14-12-24(30)13-15-25/h10-17,22,27H,2-9,18-21H2,1H3,(H,31,35)(H,33,34). The smallest absolute Gasteiger partial charge is 0.333 e. The number of urea groups is 1. The van der Waals surface area contributed by atoms with Crippen molar-refractivity contribution in [1.82, 2.24) is 4.90 Å². The van der Waals surface area contributed by atoms with E-state index in [0.717, 1.165) is 24.3 Å². The average Bonchev–Trinajstić information content (AvgIpc) is 2.90. The lowest BCUT2D eigenvalue weighted by Gasteiger charge is -2.26. The first-order chi connectivity index (χ1) is 17.9. The molecule has 8 heteroatoms. The van der Waals surface area contributed by atoms with Gasteiger partial charge in [0.1, 0.15) is 18.2 Å². The van der Waals surface area contributed by atoms with Crippen molar-refractivity contribution in [2.24, 2.45) is 5.92 Å². The van der Waals surface area contributed by atoms with Crippen LogP contribution in [0.5, 0.6) is 5.75 Å². The van der Waals surface area contributed by atoms with Gasteiger partial charge in [-0.3, -0.25) is 0 Å². The highest BCUT2D eigenvalue weighted by molar-refractivity contribution is 5.89. The van der Waals surface area contributed by atoms with Crippen LogP contribution in [0.25, 0.3) is 0 Å². The Morgan fingerprint density at radius 2 is 1.76 bits per heavy atom. The summed E-state index contributed by atoms with van der Waals surface area (Å²) >= 11 is 0. The number of rotatable bonds is 14. The van der Waals surface area contributed by atoms with Crippen molar-refractivity contribution in [1.29, 1.82) is 0 Å². The lowest BCUT2D eigenvalue weighted by Crippen LogP contribution is -2.38. The summed E-state index contributed by atoms with van der Waals surface area (Å²) in [5, 5.41) is 12.1. The number of aliphatic carboxylic acids is 1. The van der Waals surface area contributed by atoms with Crippen molar-refractivity contribution in [3.8, 4) is 5.75 Å². The predicted molar refractivity (Wildman–Crippen MR) is 141 cm³/mol. The van der Waals surface area contributed by atoms with Crippen molar-refractivity contribution in [2.75, 3.05) is 31.6 Å². The van der Waals surface area contributed by atoms with Crippen LogP contribution in [-0.4, -0.2) is 54.4 Å². The highest BCUT2D eigenvalue weighted by atomic mass is 19.1. The van der Waals surface area contributed by atoms with Gasteiger partial charge in [0.2, 0.25) is 0 Å². The predicted octanol–water partition coefficient (Wildman–Crippen LogP) is 6.13. The molecule has 2 amide bonds. The van der Waals surface area contributed by atoms with Gasteiger partial charge in [-0.25, -0.2) is 14.0 Å². The van der Waals surface area contributed by atoms with Crippen LogP contribution >= 0.6 is 0 Å². The molecule has 3 rings (SSSR count). The van der Waals surface area contributed by atoms with Crippen LogP contribution in [0, 0.1) is 11.7 Å². The lowest BCUT2D eigenvalue weighted by atomic mass is 9.86. The van der Waals surface area contributed by atoms with Crippen molar-refractivity contribution < 1.29 is 28.6 Å². The van der Waals surface area contributed by atoms with Gasteiger partial charge in [-0.05, 0) is 67.6 Å². The second-order valence-electron chi connectivity index (χ2n) is 9.55. The minimum atomic E-state index is -0.982. The fraction of sp³-hybridized carbons (Fsp3) is 0.517. The summed E-state index contributed by atoms with van der Waals surface area (Å²) in [4.78, 5) is 26.0. The summed E-state index contributed by atoms with van der Waals surface area (Å²) in [6.45, 7) is 3.46. The molecule has 7 nitrogen and oxygen atoms in total. The highest BCUT2D eigenvalue weighted by Gasteiger charge is 2.19. The molecule has 1 atom stereocenters. The molecule has 1 saturated carbocycles. The number of hydrogen-bond donors (Lipinski definition) is 2. The first-order valence-corrected chi connectivity index (χ1v) is 13.3. The third-order valence-electron chi connectivity index (χ3n) is 6.77. The molecule has 1 aliphatic rings. The second-order valence-corrected chi connectivity index (χ2v) is 9.55. The number of carboxylic acid groups (broad SMARTS) is 1. The third kappa shape index (κ3) is 10.0. The maximum absolute atomic E-state index is 13.2. The van der Waals surface area contributed by atoms with Crippen LogP contribution in [0.4, 0.5) is 14.9 Å². The monoisotopic (exact) mass is 514 g/mol. The van der Waals surface area contributed by atoms with Gasteiger partial charge < -0.3 is 24.8 Å². The van der Waals surface area contributed by atoms with Gasteiger partial charge in [-0.15, -0.1) is 0 Å². The molecular weight excluding hydrogens is 475 g/mol. The van der Waals surface area contributed by atoms with Crippen molar-refractivity contribution >= 4 is 17.7 Å². The van der Waals surface area contributed by atoms with E-state index in [1.165, 1.54) is 44.2 Å². The summed E-state index contributed by atoms with van der Waals surface area (Å²) < 4.78 is 24.4. The number of halogens is 1. The van der Waals surface area contributed by atoms with E-state index in [1.54, 1.807) is 36.1 Å². The van der Waals surface area contributed by atoms with Gasteiger partial charge in [0, 0.05) is 25.3 Å². The minimum absolute atomic E-state index is 0.232. The van der Waals surface area contributed by atoms with Gasteiger partial charge >= 0.3 is 12.0 Å². The number of carbonyl (C=O) groups excluding carboxylic acids is 1. The number of benzene rings is 2. The van der Waals surface area contributed by atoms with E-state index in [0.29, 0.717) is 37.7 Å². The Labute approximate surface area is 219 Å². The molecule has 202 valence electrons. The van der Waals surface area contributed by atoms with Crippen LogP contribution in [0.1, 0.15) is 57.4 Å².